The first-order valence-corrected chi connectivity index (χ1v) is 48.4. The van der Waals surface area contributed by atoms with Crippen LogP contribution in [0.1, 0.15) is 243 Å². The zero-order valence-electron chi connectivity index (χ0n) is 75.1. The molecule has 5 amide bonds. The quantitative estimate of drug-likeness (QED) is 0.0222. The second-order valence-corrected chi connectivity index (χ2v) is 48.2. The number of piperidine rings is 2. The summed E-state index contributed by atoms with van der Waals surface area (Å²) in [5.41, 5.74) is 12.1. The Hall–Kier alpha value is -4.51. The molecule has 2 saturated heterocycles. The van der Waals surface area contributed by atoms with Crippen molar-refractivity contribution in [3.63, 3.8) is 0 Å². The fourth-order valence-electron chi connectivity index (χ4n) is 17.5. The molecule has 6 aliphatic carbocycles. The molecule has 1 unspecified atom stereocenters. The molecule has 708 valence electrons. The molecule has 39 heteroatoms. The van der Waals surface area contributed by atoms with Crippen LogP contribution in [0.15, 0.2) is 53.5 Å². The van der Waals surface area contributed by atoms with Gasteiger partial charge in [-0.2, -0.15) is 14.6 Å². The van der Waals surface area contributed by atoms with E-state index in [-0.39, 0.29) is 178 Å². The van der Waals surface area contributed by atoms with Gasteiger partial charge in [0.15, 0.2) is 11.6 Å². The molecule has 0 radical (unpaired) electrons. The summed E-state index contributed by atoms with van der Waals surface area (Å²) >= 11 is 47.5. The van der Waals surface area contributed by atoms with Crippen molar-refractivity contribution in [2.75, 3.05) is 18.8 Å². The molecule has 4 bridgehead atoms. The van der Waals surface area contributed by atoms with Crippen LogP contribution in [0, 0.1) is 61.7 Å². The molecule has 15 atom stereocenters. The Morgan fingerprint density at radius 3 is 1.30 bits per heavy atom. The predicted molar refractivity (Wildman–Crippen MR) is 516 cm³/mol. The van der Waals surface area contributed by atoms with E-state index in [1.165, 1.54) is 18.7 Å². The zero-order chi connectivity index (χ0) is 90.6. The average Bonchev–Trinajstić information content (AvgIpc) is 1.53. The number of aromatic nitrogens is 8. The van der Waals surface area contributed by atoms with Crippen LogP contribution in [-0.4, -0.2) is 221 Å². The van der Waals surface area contributed by atoms with E-state index in [9.17, 15) is 51.9 Å². The van der Waals surface area contributed by atoms with Gasteiger partial charge in [0.2, 0.25) is 29.5 Å². The summed E-state index contributed by atoms with van der Waals surface area (Å²) in [4.78, 5) is 126. The number of Topliss-reactive ketones (excluding diaryl/α,β-unsaturated/α-hetero) is 2. The Morgan fingerprint density at radius 1 is 0.581 bits per heavy atom. The van der Waals surface area contributed by atoms with Crippen molar-refractivity contribution in [1.29, 1.82) is 0 Å². The second kappa shape index (κ2) is 44.3. The minimum absolute atomic E-state index is 0. The van der Waals surface area contributed by atoms with Gasteiger partial charge in [0.1, 0.15) is 76.5 Å². The minimum Gasteiger partial charge on any atom is -1.00 e. The normalized spacial score (nSPS) is 26.6. The number of benzene rings is 2. The van der Waals surface area contributed by atoms with Crippen molar-refractivity contribution in [2.24, 2.45) is 50.6 Å². The van der Waals surface area contributed by atoms with Gasteiger partial charge < -0.3 is 61.0 Å². The maximum atomic E-state index is 14.4. The largest absolute Gasteiger partial charge is 2.00 e. The minimum atomic E-state index is -1.20. The second-order valence-electron chi connectivity index (χ2n) is 37.8. The standard InChI is InChI=1S/C35H41Cl2N7O4.C30H34N6O5.C10H18Cl2OS.C8H13Cl2NOS.C5H9Cl2N.CH4.CH3.BrH.ClH.Mg/c1-19(26-12-35(26,36)37)41-33(48)27-13-34-14-28(34)44(27)30(47)17-43-32-22(8-6-4-5-7-9-29(46)40-18-34)10-23(24-15-38-21(3)39-16-24)11-25(32)31(42-43)20(2)45;1-17(37)27-22-10-20(21-13-31-18(2)32-14-21)9-19-7-5-3-4-6-8-25(38)33-16-30-11-23(29(40)41)36(24(30)12-30)26(39)15-35(34-27)28(19)22;1-7(8-5-10(8,11)12)6-14(13)9(2,3)4;1-7(2,3)13(12)11-5-6-4-8(6,9)10;1-3(8)4-2-5(4,6)7;;;;;/h10-11,15-16,19,26-28H,4-9,12-14,17-18H2,1-3H3,(H,40,46)(H,41,48);9-10,13-14,23-24H,3-8,11-12,15-16H2,1-2H3,(H,33,38)(H,40,41);7-8H,5-6H2,1-4H3;5-6H,4H2,1-3H3;3-4H,2,8H2,1H3;1H4;1H3;2*1H;/q;;;;;;-1;;;+2/p-1/t19-,26-,27+,28-,34+;23-,24+,30-;7-,8+,14+;6?,13-;3-,4-;;;;;/m10001...../s1. The molecule has 6 aromatic rings. The monoisotopic (exact) mass is 2070 g/mol. The van der Waals surface area contributed by atoms with Crippen molar-refractivity contribution in [3.05, 3.63) is 90.6 Å². The number of aryl methyl sites for hydroxylation is 4. The number of carboxylic acids is 1. The van der Waals surface area contributed by atoms with Gasteiger partial charge in [0.05, 0.1) is 15.8 Å². The third kappa shape index (κ3) is 27.3. The molecule has 26 nitrogen and oxygen atoms in total. The van der Waals surface area contributed by atoms with E-state index in [0.29, 0.717) is 129 Å². The number of carboxylic acid groups (broad SMARTS) is 1. The van der Waals surface area contributed by atoms with Gasteiger partial charge in [-0.25, -0.2) is 28.9 Å². The van der Waals surface area contributed by atoms with Crippen molar-refractivity contribution in [1.82, 2.24) is 65.2 Å². The molecule has 10 aliphatic rings. The van der Waals surface area contributed by atoms with Gasteiger partial charge in [-0.1, -0.05) is 40.0 Å². The summed E-state index contributed by atoms with van der Waals surface area (Å²) in [7, 11) is -2.00. The smallest absolute Gasteiger partial charge is 1.00 e. The van der Waals surface area contributed by atoms with Gasteiger partial charge in [-0.3, -0.25) is 47.1 Å². The number of halogens is 10. The topological polar surface area (TPSA) is 359 Å². The van der Waals surface area contributed by atoms with Gasteiger partial charge >= 0.3 is 29.0 Å². The van der Waals surface area contributed by atoms with Crippen LogP contribution >= 0.6 is 105 Å². The number of nitrogens with zero attached hydrogens (tertiary/aromatic N) is 11. The Morgan fingerprint density at radius 2 is 0.961 bits per heavy atom. The number of nitrogens with one attached hydrogen (secondary N) is 3. The maximum absolute atomic E-state index is 14.4. The van der Waals surface area contributed by atoms with E-state index in [4.69, 9.17) is 104 Å². The molecule has 4 aromatic heterocycles. The van der Waals surface area contributed by atoms with E-state index < -0.39 is 62.6 Å². The molecule has 16 rings (SSSR count). The van der Waals surface area contributed by atoms with E-state index in [1.807, 2.05) is 87.4 Å². The number of carbonyl (C=O) groups is 8. The molecule has 129 heavy (non-hydrogen) atoms. The number of carbonyl (C=O) groups excluding carboxylic acids is 7. The van der Waals surface area contributed by atoms with Gasteiger partial charge in [-0.05, 0) is 217 Å². The number of amides is 5. The Kier molecular flexibility index (Phi) is 38.3. The summed E-state index contributed by atoms with van der Waals surface area (Å²) in [5, 5.41) is 29.8. The Balaban J connectivity index is 0.000000251. The van der Waals surface area contributed by atoms with Crippen LogP contribution in [0.25, 0.3) is 44.1 Å². The number of nitrogens with two attached hydrogens (primary N) is 1. The summed E-state index contributed by atoms with van der Waals surface area (Å²) in [6.07, 6.45) is 23.0. The number of hydrogen-bond donors (Lipinski definition) is 5. The molecule has 0 spiro atoms. The molecular formula is C90H123BrCl9MgN15O11S2. The fourth-order valence-corrected chi connectivity index (χ4v) is 21.9. The third-order valence-corrected chi connectivity index (χ3v) is 32.6. The van der Waals surface area contributed by atoms with Crippen molar-refractivity contribution in [3.8, 4) is 22.3 Å². The van der Waals surface area contributed by atoms with Crippen LogP contribution in [-0.2, 0) is 76.5 Å². The van der Waals surface area contributed by atoms with Gasteiger partial charge in [0, 0.05) is 167 Å². The Bertz CT molecular complexity index is 5170. The number of aliphatic carboxylic acids is 1. The molecule has 8 heterocycles. The van der Waals surface area contributed by atoms with Crippen LogP contribution in [0.5, 0.6) is 0 Å². The molecule has 8 fully saturated rings. The van der Waals surface area contributed by atoms with E-state index in [2.05, 4.69) is 58.4 Å². The molecule has 6 N–H and O–H groups in total. The van der Waals surface area contributed by atoms with Crippen LogP contribution < -0.4 is 38.7 Å². The summed E-state index contributed by atoms with van der Waals surface area (Å²) in [6.45, 7) is 24.6. The number of alkyl halides is 8. The SMILES string of the molecule is C.CC(=O)c1nn2c3c(cc(-c4cnc(C)nc4)cc13)CCCCCCC(=O)NC[C@@]13C[C@@H](C(=O)N[C@H](C)[C@H]4CC4(Cl)Cl)N(C(=O)C2)[C@@H]1C3.CC(=O)c1nn2c3c(cc(-c4cnc(C)nc4)cc13)CCCCCCC(=O)NC[C@@]13C[C@@H](C(=O)O)N(C(=O)C2)[C@@H]1C3.CC(C)(C)[S@](=O)N=CC1CC1(Cl)Cl.C[C@@H](C[S@@](=O)C(C)(C)C)[C@H]1CC1(Cl)Cl.C[C@@H](N)[C@H]1CC1(Cl)Cl.Cl.[Br-].[CH3-].[Mg+2]. The van der Waals surface area contributed by atoms with Crippen molar-refractivity contribution >= 4 is 225 Å². The summed E-state index contributed by atoms with van der Waals surface area (Å²) in [5.74, 6) is 0.697. The first-order valence-electron chi connectivity index (χ1n) is 42.9. The number of hydrogen-bond acceptors (Lipinski definition) is 17. The molecule has 4 aliphatic heterocycles. The van der Waals surface area contributed by atoms with Crippen LogP contribution in [0.4, 0.5) is 0 Å². The Labute approximate surface area is 836 Å². The van der Waals surface area contributed by atoms with Crippen LogP contribution in [0.3, 0.4) is 0 Å². The van der Waals surface area contributed by atoms with Crippen molar-refractivity contribution in [2.45, 2.75) is 302 Å². The fraction of sp³-hybridized carbons (Fsp3) is 0.644. The van der Waals surface area contributed by atoms with Gasteiger partial charge in [-0.15, -0.1) is 105 Å². The first kappa shape index (κ1) is 111. The number of ketones is 2. The van der Waals surface area contributed by atoms with E-state index in [0.717, 1.165) is 109 Å². The predicted octanol–water partition coefficient (Wildman–Crippen LogP) is 13.5. The van der Waals surface area contributed by atoms with Crippen LogP contribution in [0.2, 0.25) is 0 Å². The van der Waals surface area contributed by atoms with Gasteiger partial charge in [0.25, 0.3) is 0 Å². The summed E-state index contributed by atoms with van der Waals surface area (Å²) in [6, 6.07) is 5.75. The van der Waals surface area contributed by atoms with E-state index in [1.54, 1.807) is 45.3 Å². The van der Waals surface area contributed by atoms with E-state index >= 15 is 0 Å². The third-order valence-electron chi connectivity index (χ3n) is 25.5. The van der Waals surface area contributed by atoms with Crippen molar-refractivity contribution < 1.29 is 68.9 Å². The molecule has 6 saturated carbocycles. The first-order chi connectivity index (χ1) is 57.9. The average molecular weight is 2080 g/mol. The number of rotatable bonds is 14. The zero-order valence-corrected chi connectivity index (χ0v) is 86.6. The maximum Gasteiger partial charge on any atom is 2.00 e. The summed E-state index contributed by atoms with van der Waals surface area (Å²) < 4.78 is 27.5. The molecular weight excluding hydrogens is 1950 g/mol. The molecule has 2 aromatic carbocycles.